The second kappa shape index (κ2) is 5.36. The third kappa shape index (κ3) is 2.63. The van der Waals surface area contributed by atoms with E-state index in [0.717, 1.165) is 11.1 Å². The zero-order valence-electron chi connectivity index (χ0n) is 10.8. The lowest BCUT2D eigenvalue weighted by Crippen LogP contribution is -2.03. The summed E-state index contributed by atoms with van der Waals surface area (Å²) in [5.74, 6) is 0.488. The van der Waals surface area contributed by atoms with E-state index in [9.17, 15) is 4.79 Å². The maximum Gasteiger partial charge on any atom is 0.292 e. The normalized spacial score (nSPS) is 9.74. The van der Waals surface area contributed by atoms with Gasteiger partial charge in [-0.2, -0.15) is 0 Å². The van der Waals surface area contributed by atoms with Crippen LogP contribution >= 0.6 is 0 Å². The van der Waals surface area contributed by atoms with Crippen molar-refractivity contribution < 1.29 is 9.53 Å². The Labute approximate surface area is 112 Å². The van der Waals surface area contributed by atoms with Crippen molar-refractivity contribution in [3.8, 4) is 12.0 Å². The fourth-order valence-electron chi connectivity index (χ4n) is 2.04. The van der Waals surface area contributed by atoms with Gasteiger partial charge in [0, 0.05) is 11.1 Å². The van der Waals surface area contributed by atoms with E-state index >= 15 is 0 Å². The minimum absolute atomic E-state index is 0.0321. The summed E-state index contributed by atoms with van der Waals surface area (Å²) in [5.41, 5.74) is 2.81. The summed E-state index contributed by atoms with van der Waals surface area (Å²) in [4.78, 5) is 12.3. The Morgan fingerprint density at radius 3 is 2.16 bits per heavy atom. The van der Waals surface area contributed by atoms with Crippen molar-refractivity contribution in [3.63, 3.8) is 0 Å². The van der Waals surface area contributed by atoms with E-state index in [2.05, 4.69) is 0 Å². The van der Waals surface area contributed by atoms with Gasteiger partial charge in [0.25, 0.3) is 6.26 Å². The zero-order valence-corrected chi connectivity index (χ0v) is 10.8. The van der Waals surface area contributed by atoms with E-state index in [0.29, 0.717) is 16.9 Å². The van der Waals surface area contributed by atoms with Crippen LogP contribution in [0.1, 0.15) is 27.0 Å². The topological polar surface area (TPSA) is 50.1 Å². The van der Waals surface area contributed by atoms with Gasteiger partial charge in [0.1, 0.15) is 5.75 Å². The minimum atomic E-state index is -0.0321. The predicted octanol–water partition coefficient (Wildman–Crippen LogP) is 3.39. The fourth-order valence-corrected chi connectivity index (χ4v) is 2.04. The first-order chi connectivity index (χ1) is 9.13. The number of carbonyl (C=O) groups excluding carboxylic acids is 1. The van der Waals surface area contributed by atoms with Gasteiger partial charge in [-0.25, -0.2) is 0 Å². The highest BCUT2D eigenvalue weighted by Gasteiger charge is 2.13. The van der Waals surface area contributed by atoms with Gasteiger partial charge in [-0.15, -0.1) is 5.26 Å². The first-order valence-corrected chi connectivity index (χ1v) is 5.90. The molecule has 0 aliphatic rings. The minimum Gasteiger partial charge on any atom is -0.387 e. The van der Waals surface area contributed by atoms with Crippen LogP contribution in [0.5, 0.6) is 5.75 Å². The summed E-state index contributed by atoms with van der Waals surface area (Å²) in [7, 11) is 0. The summed E-state index contributed by atoms with van der Waals surface area (Å²) < 4.78 is 4.90. The van der Waals surface area contributed by atoms with E-state index in [4.69, 9.17) is 10.00 Å². The van der Waals surface area contributed by atoms with Crippen molar-refractivity contribution in [2.24, 2.45) is 0 Å². The largest absolute Gasteiger partial charge is 0.387 e. The van der Waals surface area contributed by atoms with Crippen LogP contribution in [-0.4, -0.2) is 5.78 Å². The van der Waals surface area contributed by atoms with Crippen molar-refractivity contribution in [1.82, 2.24) is 0 Å². The van der Waals surface area contributed by atoms with Gasteiger partial charge in [-0.1, -0.05) is 30.3 Å². The lowest BCUT2D eigenvalue weighted by atomic mass is 9.98. The molecule has 2 aromatic rings. The molecule has 0 saturated heterocycles. The van der Waals surface area contributed by atoms with Crippen LogP contribution in [0.3, 0.4) is 0 Å². The van der Waals surface area contributed by atoms with Crippen molar-refractivity contribution in [3.05, 3.63) is 64.7 Å². The monoisotopic (exact) mass is 251 g/mol. The third-order valence-corrected chi connectivity index (χ3v) is 2.91. The van der Waals surface area contributed by atoms with Crippen molar-refractivity contribution in [1.29, 1.82) is 5.26 Å². The maximum atomic E-state index is 12.3. The number of rotatable bonds is 3. The van der Waals surface area contributed by atoms with Gasteiger partial charge in [0.2, 0.25) is 0 Å². The van der Waals surface area contributed by atoms with Crippen molar-refractivity contribution in [2.45, 2.75) is 13.8 Å². The molecule has 2 rings (SSSR count). The quantitative estimate of drug-likeness (QED) is 0.620. The molecule has 0 spiro atoms. The van der Waals surface area contributed by atoms with Crippen LogP contribution in [-0.2, 0) is 0 Å². The molecule has 3 nitrogen and oxygen atoms in total. The Morgan fingerprint density at radius 2 is 1.63 bits per heavy atom. The number of aryl methyl sites for hydroxylation is 2. The standard InChI is InChI=1S/C16H13NO2/c1-11-8-14(9-12(2)16(11)19-10-17)15(18)13-6-4-3-5-7-13/h3-9H,1-2H3. The Balaban J connectivity index is 2.43. The Morgan fingerprint density at radius 1 is 1.05 bits per heavy atom. The van der Waals surface area contributed by atoms with Crippen LogP contribution in [0.2, 0.25) is 0 Å². The lowest BCUT2D eigenvalue weighted by Gasteiger charge is -2.09. The van der Waals surface area contributed by atoms with E-state index < -0.39 is 0 Å². The smallest absolute Gasteiger partial charge is 0.292 e. The zero-order chi connectivity index (χ0) is 13.8. The third-order valence-electron chi connectivity index (χ3n) is 2.91. The maximum absolute atomic E-state index is 12.3. The van der Waals surface area contributed by atoms with Crippen LogP contribution in [0.25, 0.3) is 0 Å². The fraction of sp³-hybridized carbons (Fsp3) is 0.125. The molecule has 0 amide bonds. The average molecular weight is 251 g/mol. The molecule has 0 aliphatic carbocycles. The molecule has 19 heavy (non-hydrogen) atoms. The van der Waals surface area contributed by atoms with Crippen molar-refractivity contribution in [2.75, 3.05) is 0 Å². The second-order valence-corrected chi connectivity index (χ2v) is 4.33. The molecule has 0 unspecified atom stereocenters. The molecular formula is C16H13NO2. The molecule has 0 aromatic heterocycles. The number of ether oxygens (including phenoxy) is 1. The Bertz CT molecular complexity index is 631. The molecule has 0 heterocycles. The predicted molar refractivity (Wildman–Crippen MR) is 72.0 cm³/mol. The summed E-state index contributed by atoms with van der Waals surface area (Å²) in [6.45, 7) is 3.64. The lowest BCUT2D eigenvalue weighted by molar-refractivity contribution is 0.103. The number of hydrogen-bond donors (Lipinski definition) is 0. The Hall–Kier alpha value is -2.60. The molecule has 2 aromatic carbocycles. The number of ketones is 1. The molecule has 0 radical (unpaired) electrons. The summed E-state index contributed by atoms with van der Waals surface area (Å²) in [6, 6.07) is 12.6. The van der Waals surface area contributed by atoms with Crippen molar-refractivity contribution >= 4 is 5.78 Å². The molecule has 94 valence electrons. The van der Waals surface area contributed by atoms with Gasteiger partial charge in [0.15, 0.2) is 5.78 Å². The summed E-state index contributed by atoms with van der Waals surface area (Å²) >= 11 is 0. The molecule has 0 aliphatic heterocycles. The van der Waals surface area contributed by atoms with Gasteiger partial charge >= 0.3 is 0 Å². The van der Waals surface area contributed by atoms with Crippen LogP contribution in [0, 0.1) is 25.4 Å². The first-order valence-electron chi connectivity index (χ1n) is 5.90. The molecule has 0 saturated carbocycles. The highest BCUT2D eigenvalue weighted by molar-refractivity contribution is 6.09. The molecule has 0 atom stereocenters. The van der Waals surface area contributed by atoms with E-state index in [1.165, 1.54) is 0 Å². The highest BCUT2D eigenvalue weighted by atomic mass is 16.5. The van der Waals surface area contributed by atoms with Crippen LogP contribution < -0.4 is 4.74 Å². The molecule has 0 N–H and O–H groups in total. The van der Waals surface area contributed by atoms with E-state index in [1.807, 2.05) is 32.0 Å². The molecule has 3 heteroatoms. The summed E-state index contributed by atoms with van der Waals surface area (Å²) in [6.07, 6.45) is 1.66. The van der Waals surface area contributed by atoms with Crippen LogP contribution in [0.15, 0.2) is 42.5 Å². The summed E-state index contributed by atoms with van der Waals surface area (Å²) in [5, 5.41) is 8.59. The Kier molecular flexibility index (Phi) is 3.63. The highest BCUT2D eigenvalue weighted by Crippen LogP contribution is 2.25. The number of nitriles is 1. The number of carbonyl (C=O) groups is 1. The first kappa shape index (κ1) is 12.8. The number of hydrogen-bond acceptors (Lipinski definition) is 3. The molecule has 0 bridgehead atoms. The number of benzene rings is 2. The van der Waals surface area contributed by atoms with Gasteiger partial charge < -0.3 is 4.74 Å². The number of nitrogens with zero attached hydrogens (tertiary/aromatic N) is 1. The SMILES string of the molecule is Cc1cc(C(=O)c2ccccc2)cc(C)c1OC#N. The van der Waals surface area contributed by atoms with Gasteiger partial charge in [0.05, 0.1) is 0 Å². The average Bonchev–Trinajstić information content (AvgIpc) is 2.43. The van der Waals surface area contributed by atoms with E-state index in [1.54, 1.807) is 30.5 Å². The molecule has 0 fully saturated rings. The molecular weight excluding hydrogens is 238 g/mol. The van der Waals surface area contributed by atoms with E-state index in [-0.39, 0.29) is 5.78 Å². The van der Waals surface area contributed by atoms with Crippen LogP contribution in [0.4, 0.5) is 0 Å². The van der Waals surface area contributed by atoms with Gasteiger partial charge in [-0.05, 0) is 37.1 Å². The second-order valence-electron chi connectivity index (χ2n) is 4.33. The van der Waals surface area contributed by atoms with Gasteiger partial charge in [-0.3, -0.25) is 4.79 Å².